The van der Waals surface area contributed by atoms with E-state index in [0.717, 1.165) is 23.7 Å². The topological polar surface area (TPSA) is 43.8 Å². The quantitative estimate of drug-likeness (QED) is 0.810. The maximum Gasteiger partial charge on any atom is 0.0597 e. The van der Waals surface area contributed by atoms with E-state index >= 15 is 0 Å². The number of hydrogen-bond donors (Lipinski definition) is 1. The van der Waals surface area contributed by atoms with E-state index in [2.05, 4.69) is 25.0 Å². The van der Waals surface area contributed by atoms with E-state index in [1.807, 2.05) is 18.7 Å². The van der Waals surface area contributed by atoms with Crippen LogP contribution in [0.4, 0.5) is 0 Å². The summed E-state index contributed by atoms with van der Waals surface area (Å²) < 4.78 is 1.90. The fraction of sp³-hybridized carbons (Fsp3) is 0.750. The lowest BCUT2D eigenvalue weighted by atomic mass is 10.0. The molecule has 0 saturated carbocycles. The maximum atomic E-state index is 6.13. The molecule has 0 fully saturated rings. The molecule has 1 heterocycles. The predicted molar refractivity (Wildman–Crippen MR) is 63.6 cm³/mol. The molecule has 3 nitrogen and oxygen atoms in total. The highest BCUT2D eigenvalue weighted by Crippen LogP contribution is 2.18. The number of nitrogens with two attached hydrogens (primary N) is 1. The Bertz CT molecular complexity index is 302. The molecule has 0 spiro atoms. The van der Waals surface area contributed by atoms with E-state index in [9.17, 15) is 0 Å². The Kier molecular flexibility index (Phi) is 4.33. The van der Waals surface area contributed by atoms with E-state index in [-0.39, 0.29) is 6.04 Å². The first-order valence-electron chi connectivity index (χ1n) is 5.76. The number of hydrogen-bond acceptors (Lipinski definition) is 2. The first kappa shape index (κ1) is 12.2. The minimum absolute atomic E-state index is 0.134. The molecule has 1 unspecified atom stereocenters. The molecule has 0 aliphatic carbocycles. The Morgan fingerprint density at radius 3 is 2.53 bits per heavy atom. The molecular weight excluding hydrogens is 186 g/mol. The molecule has 2 N–H and O–H groups in total. The van der Waals surface area contributed by atoms with E-state index in [1.54, 1.807) is 0 Å². The zero-order valence-electron chi connectivity index (χ0n) is 10.3. The third-order valence-corrected chi connectivity index (χ3v) is 2.71. The Morgan fingerprint density at radius 1 is 1.40 bits per heavy atom. The van der Waals surface area contributed by atoms with Gasteiger partial charge in [-0.25, -0.2) is 0 Å². The summed E-state index contributed by atoms with van der Waals surface area (Å²) in [5, 5.41) is 4.31. The minimum Gasteiger partial charge on any atom is -0.323 e. The van der Waals surface area contributed by atoms with Crippen molar-refractivity contribution in [1.29, 1.82) is 0 Å². The molecule has 0 aliphatic rings. The van der Waals surface area contributed by atoms with Crippen molar-refractivity contribution in [2.45, 2.75) is 46.1 Å². The summed E-state index contributed by atoms with van der Waals surface area (Å²) in [7, 11) is 1.96. The number of aryl methyl sites for hydroxylation is 2. The van der Waals surface area contributed by atoms with Crippen LogP contribution >= 0.6 is 0 Å². The highest BCUT2D eigenvalue weighted by atomic mass is 15.3. The lowest BCUT2D eigenvalue weighted by molar-refractivity contribution is 0.490. The van der Waals surface area contributed by atoms with Gasteiger partial charge in [-0.3, -0.25) is 4.68 Å². The molecule has 0 bridgehead atoms. The summed E-state index contributed by atoms with van der Waals surface area (Å²) >= 11 is 0. The smallest absolute Gasteiger partial charge is 0.0597 e. The molecule has 86 valence electrons. The molecule has 3 heteroatoms. The van der Waals surface area contributed by atoms with E-state index in [0.29, 0.717) is 0 Å². The summed E-state index contributed by atoms with van der Waals surface area (Å²) in [6.07, 6.45) is 3.50. The van der Waals surface area contributed by atoms with E-state index in [1.165, 1.54) is 12.8 Å². The molecule has 1 aromatic heterocycles. The van der Waals surface area contributed by atoms with Crippen molar-refractivity contribution in [3.05, 3.63) is 17.5 Å². The van der Waals surface area contributed by atoms with Crippen LogP contribution in [0.1, 0.15) is 50.5 Å². The molecule has 15 heavy (non-hydrogen) atoms. The van der Waals surface area contributed by atoms with Crippen LogP contribution in [0.2, 0.25) is 0 Å². The molecule has 1 rings (SSSR count). The van der Waals surface area contributed by atoms with Gasteiger partial charge in [0.25, 0.3) is 0 Å². The lowest BCUT2D eigenvalue weighted by Gasteiger charge is -2.12. The van der Waals surface area contributed by atoms with Crippen LogP contribution < -0.4 is 5.73 Å². The van der Waals surface area contributed by atoms with Crippen LogP contribution in [0.5, 0.6) is 0 Å². The predicted octanol–water partition coefficient (Wildman–Crippen LogP) is 2.55. The number of rotatable bonds is 5. The number of aromatic nitrogens is 2. The van der Waals surface area contributed by atoms with Crippen LogP contribution in [-0.2, 0) is 7.05 Å². The first-order valence-corrected chi connectivity index (χ1v) is 5.76. The second kappa shape index (κ2) is 5.31. The third-order valence-electron chi connectivity index (χ3n) is 2.71. The molecule has 0 aliphatic heterocycles. The van der Waals surface area contributed by atoms with Crippen molar-refractivity contribution >= 4 is 0 Å². The van der Waals surface area contributed by atoms with Gasteiger partial charge in [0, 0.05) is 13.1 Å². The van der Waals surface area contributed by atoms with Gasteiger partial charge in [0.2, 0.25) is 0 Å². The molecule has 1 atom stereocenters. The van der Waals surface area contributed by atoms with Crippen molar-refractivity contribution in [3.63, 3.8) is 0 Å². The van der Waals surface area contributed by atoms with Gasteiger partial charge < -0.3 is 5.73 Å². The summed E-state index contributed by atoms with van der Waals surface area (Å²) in [5.74, 6) is 0.769. The second-order valence-electron chi connectivity index (χ2n) is 4.77. The highest BCUT2D eigenvalue weighted by Gasteiger charge is 2.11. The summed E-state index contributed by atoms with van der Waals surface area (Å²) in [5.41, 5.74) is 8.33. The first-order chi connectivity index (χ1) is 7.00. The van der Waals surface area contributed by atoms with Gasteiger partial charge in [-0.05, 0) is 25.3 Å². The SMILES string of the molecule is Cc1cc(C(N)CCCC(C)C)n(C)n1. The van der Waals surface area contributed by atoms with Crippen LogP contribution in [0.3, 0.4) is 0 Å². The normalized spacial score (nSPS) is 13.5. The van der Waals surface area contributed by atoms with Crippen LogP contribution in [0, 0.1) is 12.8 Å². The monoisotopic (exact) mass is 209 g/mol. The van der Waals surface area contributed by atoms with Crippen molar-refractivity contribution in [3.8, 4) is 0 Å². The average molecular weight is 209 g/mol. The molecular formula is C12H23N3. The zero-order chi connectivity index (χ0) is 11.4. The van der Waals surface area contributed by atoms with Gasteiger partial charge in [-0.1, -0.05) is 26.7 Å². The Labute approximate surface area is 92.7 Å². The second-order valence-corrected chi connectivity index (χ2v) is 4.77. The van der Waals surface area contributed by atoms with Gasteiger partial charge in [-0.2, -0.15) is 5.10 Å². The van der Waals surface area contributed by atoms with Gasteiger partial charge in [0.05, 0.1) is 11.4 Å². The average Bonchev–Trinajstić information content (AvgIpc) is 2.44. The standard InChI is InChI=1S/C12H23N3/c1-9(2)6-5-7-11(13)12-8-10(3)14-15(12)4/h8-9,11H,5-7,13H2,1-4H3. The Morgan fingerprint density at radius 2 is 2.07 bits per heavy atom. The summed E-state index contributed by atoms with van der Waals surface area (Å²) in [6.45, 7) is 6.50. The van der Waals surface area contributed by atoms with E-state index < -0.39 is 0 Å². The van der Waals surface area contributed by atoms with Crippen molar-refractivity contribution < 1.29 is 0 Å². The summed E-state index contributed by atoms with van der Waals surface area (Å²) in [6, 6.07) is 2.22. The van der Waals surface area contributed by atoms with Crippen LogP contribution in [0.15, 0.2) is 6.07 Å². The van der Waals surface area contributed by atoms with Gasteiger partial charge in [0.1, 0.15) is 0 Å². The maximum absolute atomic E-state index is 6.13. The lowest BCUT2D eigenvalue weighted by Crippen LogP contribution is -2.14. The van der Waals surface area contributed by atoms with Gasteiger partial charge in [0.15, 0.2) is 0 Å². The minimum atomic E-state index is 0.134. The fourth-order valence-electron chi connectivity index (χ4n) is 1.87. The fourth-order valence-corrected chi connectivity index (χ4v) is 1.87. The molecule has 0 aromatic carbocycles. The Hall–Kier alpha value is -0.830. The zero-order valence-corrected chi connectivity index (χ0v) is 10.3. The van der Waals surface area contributed by atoms with Crippen LogP contribution in [0.25, 0.3) is 0 Å². The summed E-state index contributed by atoms with van der Waals surface area (Å²) in [4.78, 5) is 0. The third kappa shape index (κ3) is 3.67. The number of nitrogens with zero attached hydrogens (tertiary/aromatic N) is 2. The molecule has 0 saturated heterocycles. The molecule has 0 radical (unpaired) electrons. The van der Waals surface area contributed by atoms with Crippen molar-refractivity contribution in [2.24, 2.45) is 18.7 Å². The van der Waals surface area contributed by atoms with Crippen molar-refractivity contribution in [2.75, 3.05) is 0 Å². The van der Waals surface area contributed by atoms with E-state index in [4.69, 9.17) is 5.73 Å². The van der Waals surface area contributed by atoms with Crippen LogP contribution in [-0.4, -0.2) is 9.78 Å². The molecule has 1 aromatic rings. The van der Waals surface area contributed by atoms with Gasteiger partial charge >= 0.3 is 0 Å². The molecule has 0 amide bonds. The van der Waals surface area contributed by atoms with Gasteiger partial charge in [-0.15, -0.1) is 0 Å². The largest absolute Gasteiger partial charge is 0.323 e. The van der Waals surface area contributed by atoms with Crippen molar-refractivity contribution in [1.82, 2.24) is 9.78 Å². The Balaban J connectivity index is 2.46. The highest BCUT2D eigenvalue weighted by molar-refractivity contribution is 5.12.